The number of nitrogens with two attached hydrogens (primary N) is 1. The molecule has 1 fully saturated rings. The van der Waals surface area contributed by atoms with Gasteiger partial charge in [-0.25, -0.2) is 4.98 Å². The predicted molar refractivity (Wildman–Crippen MR) is 79.5 cm³/mol. The summed E-state index contributed by atoms with van der Waals surface area (Å²) in [4.78, 5) is 6.77. The van der Waals surface area contributed by atoms with Crippen LogP contribution in [-0.4, -0.2) is 21.7 Å². The number of nitriles is 1. The molecule has 2 N–H and O–H groups in total. The summed E-state index contributed by atoms with van der Waals surface area (Å²) in [6.45, 7) is 2.78. The van der Waals surface area contributed by atoms with Gasteiger partial charge in [-0.15, -0.1) is 5.10 Å². The van der Waals surface area contributed by atoms with E-state index in [1.54, 1.807) is 6.07 Å². The summed E-state index contributed by atoms with van der Waals surface area (Å²) in [5.41, 5.74) is 7.87. The number of nitrogens with zero attached hydrogens (tertiary/aromatic N) is 5. The Balaban J connectivity index is 1.92. The number of anilines is 2. The summed E-state index contributed by atoms with van der Waals surface area (Å²) >= 11 is 0. The molecule has 2 aromatic heterocycles. The van der Waals surface area contributed by atoms with Crippen LogP contribution in [0.4, 0.5) is 11.6 Å². The minimum atomic E-state index is 0.165. The lowest BCUT2D eigenvalue weighted by Crippen LogP contribution is -2.24. The summed E-state index contributed by atoms with van der Waals surface area (Å²) in [6, 6.07) is 9.72. The molecule has 0 bridgehead atoms. The molecule has 1 aliphatic heterocycles. The van der Waals surface area contributed by atoms with Crippen LogP contribution in [0, 0.1) is 18.3 Å². The molecular formula is C15H16N6. The fraction of sp³-hybridized carbons (Fsp3) is 0.333. The molecule has 2 aromatic rings. The maximum atomic E-state index is 9.00. The third-order valence-electron chi connectivity index (χ3n) is 3.79. The van der Waals surface area contributed by atoms with E-state index >= 15 is 0 Å². The highest BCUT2D eigenvalue weighted by molar-refractivity contribution is 5.47. The second-order valence-corrected chi connectivity index (χ2v) is 5.15. The molecule has 1 saturated heterocycles. The van der Waals surface area contributed by atoms with Crippen LogP contribution < -0.4 is 10.6 Å². The van der Waals surface area contributed by atoms with Crippen LogP contribution in [0.15, 0.2) is 24.3 Å². The molecule has 0 aromatic carbocycles. The largest absolute Gasteiger partial charge is 0.382 e. The van der Waals surface area contributed by atoms with Gasteiger partial charge in [0, 0.05) is 6.54 Å². The Morgan fingerprint density at radius 1 is 1.29 bits per heavy atom. The van der Waals surface area contributed by atoms with Crippen molar-refractivity contribution in [3.05, 3.63) is 41.2 Å². The standard InChI is InChI=1S/C15H16N6/c1-10-11(9-16)4-7-15(18-10)21-8-2-3-13(21)12-5-6-14(17)20-19-12/h4-7,13H,2-3,8H2,1H3,(H2,17,20). The Hall–Kier alpha value is -2.68. The number of aromatic nitrogens is 3. The van der Waals surface area contributed by atoms with E-state index in [4.69, 9.17) is 11.0 Å². The molecule has 1 unspecified atom stereocenters. The highest BCUT2D eigenvalue weighted by Crippen LogP contribution is 2.34. The molecule has 1 aliphatic rings. The summed E-state index contributed by atoms with van der Waals surface area (Å²) in [7, 11) is 0. The Bertz CT molecular complexity index is 688. The van der Waals surface area contributed by atoms with Gasteiger partial charge < -0.3 is 10.6 Å². The minimum absolute atomic E-state index is 0.165. The summed E-state index contributed by atoms with van der Waals surface area (Å²) < 4.78 is 0. The first-order chi connectivity index (χ1) is 10.2. The van der Waals surface area contributed by atoms with Crippen molar-refractivity contribution in [3.63, 3.8) is 0 Å². The van der Waals surface area contributed by atoms with E-state index in [0.717, 1.165) is 36.6 Å². The van der Waals surface area contributed by atoms with Crippen molar-refractivity contribution in [2.45, 2.75) is 25.8 Å². The van der Waals surface area contributed by atoms with E-state index < -0.39 is 0 Å². The van der Waals surface area contributed by atoms with Crippen LogP contribution in [0.5, 0.6) is 0 Å². The monoisotopic (exact) mass is 280 g/mol. The highest BCUT2D eigenvalue weighted by Gasteiger charge is 2.28. The second-order valence-electron chi connectivity index (χ2n) is 5.15. The van der Waals surface area contributed by atoms with Gasteiger partial charge in [0.05, 0.1) is 23.0 Å². The van der Waals surface area contributed by atoms with Crippen LogP contribution in [0.2, 0.25) is 0 Å². The quantitative estimate of drug-likeness (QED) is 0.904. The number of aryl methyl sites for hydroxylation is 1. The summed E-state index contributed by atoms with van der Waals surface area (Å²) in [6.07, 6.45) is 2.09. The maximum absolute atomic E-state index is 9.00. The molecule has 6 heteroatoms. The maximum Gasteiger partial charge on any atom is 0.146 e. The van der Waals surface area contributed by atoms with Crippen molar-refractivity contribution in [1.29, 1.82) is 5.26 Å². The SMILES string of the molecule is Cc1nc(N2CCCC2c2ccc(N)nn2)ccc1C#N. The molecule has 1 atom stereocenters. The number of hydrogen-bond donors (Lipinski definition) is 1. The number of rotatable bonds is 2. The predicted octanol–water partition coefficient (Wildman–Crippen LogP) is 1.98. The Morgan fingerprint density at radius 3 is 2.81 bits per heavy atom. The molecule has 0 spiro atoms. The molecule has 3 heterocycles. The average molecular weight is 280 g/mol. The molecule has 0 aliphatic carbocycles. The van der Waals surface area contributed by atoms with E-state index in [2.05, 4.69) is 26.2 Å². The van der Waals surface area contributed by atoms with Gasteiger partial charge >= 0.3 is 0 Å². The minimum Gasteiger partial charge on any atom is -0.382 e. The van der Waals surface area contributed by atoms with Crippen LogP contribution >= 0.6 is 0 Å². The number of nitrogen functional groups attached to an aromatic ring is 1. The molecule has 0 saturated carbocycles. The molecule has 0 amide bonds. The number of pyridine rings is 1. The van der Waals surface area contributed by atoms with Gasteiger partial charge in [0.15, 0.2) is 0 Å². The molecule has 0 radical (unpaired) electrons. The van der Waals surface area contributed by atoms with E-state index in [1.807, 2.05) is 25.1 Å². The zero-order valence-corrected chi connectivity index (χ0v) is 11.8. The van der Waals surface area contributed by atoms with Gasteiger partial charge in [-0.3, -0.25) is 0 Å². The first kappa shape index (κ1) is 13.3. The van der Waals surface area contributed by atoms with Crippen molar-refractivity contribution < 1.29 is 0 Å². The van der Waals surface area contributed by atoms with Gasteiger partial charge in [-0.05, 0) is 44.0 Å². The van der Waals surface area contributed by atoms with Gasteiger partial charge in [0.25, 0.3) is 0 Å². The van der Waals surface area contributed by atoms with E-state index in [1.165, 1.54) is 0 Å². The third kappa shape index (κ3) is 2.50. The fourth-order valence-corrected chi connectivity index (χ4v) is 2.70. The van der Waals surface area contributed by atoms with Crippen LogP contribution in [-0.2, 0) is 0 Å². The Morgan fingerprint density at radius 2 is 2.14 bits per heavy atom. The van der Waals surface area contributed by atoms with Crippen molar-refractivity contribution in [2.24, 2.45) is 0 Å². The Labute approximate surface area is 123 Å². The second kappa shape index (κ2) is 5.37. The van der Waals surface area contributed by atoms with Crippen LogP contribution in [0.25, 0.3) is 0 Å². The lowest BCUT2D eigenvalue weighted by molar-refractivity contribution is 0.673. The number of hydrogen-bond acceptors (Lipinski definition) is 6. The third-order valence-corrected chi connectivity index (χ3v) is 3.79. The van der Waals surface area contributed by atoms with Gasteiger partial charge in [0.2, 0.25) is 0 Å². The average Bonchev–Trinajstić information content (AvgIpc) is 2.97. The van der Waals surface area contributed by atoms with Crippen LogP contribution in [0.1, 0.15) is 35.8 Å². The van der Waals surface area contributed by atoms with Crippen molar-refractivity contribution in [2.75, 3.05) is 17.2 Å². The summed E-state index contributed by atoms with van der Waals surface area (Å²) in [5.74, 6) is 1.31. The fourth-order valence-electron chi connectivity index (χ4n) is 2.70. The normalized spacial score (nSPS) is 17.7. The van der Waals surface area contributed by atoms with E-state index in [-0.39, 0.29) is 6.04 Å². The smallest absolute Gasteiger partial charge is 0.146 e. The molecule has 21 heavy (non-hydrogen) atoms. The molecule has 6 nitrogen and oxygen atoms in total. The zero-order valence-electron chi connectivity index (χ0n) is 11.8. The van der Waals surface area contributed by atoms with E-state index in [0.29, 0.717) is 11.4 Å². The first-order valence-electron chi connectivity index (χ1n) is 6.92. The first-order valence-corrected chi connectivity index (χ1v) is 6.92. The van der Waals surface area contributed by atoms with Gasteiger partial charge in [-0.2, -0.15) is 10.4 Å². The van der Waals surface area contributed by atoms with Crippen molar-refractivity contribution >= 4 is 11.6 Å². The van der Waals surface area contributed by atoms with Crippen molar-refractivity contribution in [3.8, 4) is 6.07 Å². The zero-order chi connectivity index (χ0) is 14.8. The molecule has 3 rings (SSSR count). The topological polar surface area (TPSA) is 91.7 Å². The summed E-state index contributed by atoms with van der Waals surface area (Å²) in [5, 5.41) is 17.1. The van der Waals surface area contributed by atoms with Gasteiger partial charge in [0.1, 0.15) is 17.7 Å². The van der Waals surface area contributed by atoms with E-state index in [9.17, 15) is 0 Å². The Kier molecular flexibility index (Phi) is 3.40. The highest BCUT2D eigenvalue weighted by atomic mass is 15.3. The molecule has 106 valence electrons. The van der Waals surface area contributed by atoms with Crippen LogP contribution in [0.3, 0.4) is 0 Å². The van der Waals surface area contributed by atoms with Crippen molar-refractivity contribution in [1.82, 2.24) is 15.2 Å². The van der Waals surface area contributed by atoms with Gasteiger partial charge in [-0.1, -0.05) is 0 Å². The lowest BCUT2D eigenvalue weighted by atomic mass is 10.1. The molecular weight excluding hydrogens is 264 g/mol. The lowest BCUT2D eigenvalue weighted by Gasteiger charge is -2.25.